The van der Waals surface area contributed by atoms with E-state index < -0.39 is 0 Å². The molecule has 0 saturated carbocycles. The lowest BCUT2D eigenvalue weighted by molar-refractivity contribution is -0.118. The van der Waals surface area contributed by atoms with E-state index in [4.69, 9.17) is 4.74 Å². The first-order chi connectivity index (χ1) is 11.1. The lowest BCUT2D eigenvalue weighted by Gasteiger charge is -2.08. The fourth-order valence-corrected chi connectivity index (χ4v) is 4.17. The van der Waals surface area contributed by atoms with Crippen molar-refractivity contribution in [2.45, 2.75) is 31.0 Å². The van der Waals surface area contributed by atoms with Crippen LogP contribution in [0.2, 0.25) is 0 Å². The van der Waals surface area contributed by atoms with Crippen molar-refractivity contribution in [1.82, 2.24) is 10.2 Å². The number of ether oxygens (including phenoxy) is 1. The summed E-state index contributed by atoms with van der Waals surface area (Å²) < 4.78 is 7.21. The number of aromatic nitrogens is 2. The summed E-state index contributed by atoms with van der Waals surface area (Å²) >= 11 is 6.46. The largest absolute Gasteiger partial charge is 0.483 e. The minimum atomic E-state index is -0.251. The summed E-state index contributed by atoms with van der Waals surface area (Å²) in [6, 6.07) is 5.71. The Bertz CT molecular complexity index is 664. The molecule has 1 aromatic carbocycles. The number of halogens is 1. The number of nitrogens with zero attached hydrogens (tertiary/aromatic N) is 2. The predicted octanol–water partition coefficient (Wildman–Crippen LogP) is 4.52. The lowest BCUT2D eigenvalue weighted by atomic mass is 10.2. The Morgan fingerprint density at radius 3 is 3.00 bits per heavy atom. The van der Waals surface area contributed by atoms with Gasteiger partial charge in [0.15, 0.2) is 10.9 Å². The maximum Gasteiger partial charge on any atom is 0.264 e. The highest BCUT2D eigenvalue weighted by Gasteiger charge is 2.10. The van der Waals surface area contributed by atoms with Crippen LogP contribution in [0.3, 0.4) is 0 Å². The first-order valence-corrected chi connectivity index (χ1v) is 9.83. The van der Waals surface area contributed by atoms with Crippen LogP contribution in [0.15, 0.2) is 27.0 Å². The fraction of sp³-hybridized carbons (Fsp3) is 0.400. The van der Waals surface area contributed by atoms with E-state index >= 15 is 0 Å². The van der Waals surface area contributed by atoms with Gasteiger partial charge in [0.05, 0.1) is 4.47 Å². The molecule has 1 aromatic heterocycles. The second-order valence-electron chi connectivity index (χ2n) is 4.85. The first kappa shape index (κ1) is 18.2. The zero-order valence-electron chi connectivity index (χ0n) is 13.0. The summed E-state index contributed by atoms with van der Waals surface area (Å²) in [5, 5.41) is 11.2. The van der Waals surface area contributed by atoms with Crippen molar-refractivity contribution in [3.05, 3.63) is 28.2 Å². The van der Waals surface area contributed by atoms with Crippen molar-refractivity contribution in [2.75, 3.05) is 17.7 Å². The third-order valence-electron chi connectivity index (χ3n) is 2.82. The topological polar surface area (TPSA) is 64.1 Å². The Morgan fingerprint density at radius 2 is 2.26 bits per heavy atom. The average Bonchev–Trinajstić information content (AvgIpc) is 2.94. The van der Waals surface area contributed by atoms with Crippen molar-refractivity contribution in [3.8, 4) is 5.75 Å². The van der Waals surface area contributed by atoms with Gasteiger partial charge < -0.3 is 4.74 Å². The van der Waals surface area contributed by atoms with E-state index in [0.29, 0.717) is 10.9 Å². The minimum Gasteiger partial charge on any atom is -0.483 e. The number of hydrogen-bond donors (Lipinski definition) is 1. The van der Waals surface area contributed by atoms with Crippen LogP contribution in [0.4, 0.5) is 5.13 Å². The van der Waals surface area contributed by atoms with Gasteiger partial charge in [-0.2, -0.15) is 0 Å². The summed E-state index contributed by atoms with van der Waals surface area (Å²) in [6.45, 7) is 4.07. The number of carbonyl (C=O) groups excluding carboxylic acids is 1. The second kappa shape index (κ2) is 9.24. The number of thioether (sulfide) groups is 1. The van der Waals surface area contributed by atoms with Crippen molar-refractivity contribution in [2.24, 2.45) is 0 Å². The number of benzene rings is 1. The van der Waals surface area contributed by atoms with Gasteiger partial charge in [0.2, 0.25) is 5.13 Å². The summed E-state index contributed by atoms with van der Waals surface area (Å²) in [5.41, 5.74) is 1.12. The smallest absolute Gasteiger partial charge is 0.264 e. The van der Waals surface area contributed by atoms with Gasteiger partial charge in [0.1, 0.15) is 5.75 Å². The lowest BCUT2D eigenvalue weighted by Crippen LogP contribution is -2.20. The summed E-state index contributed by atoms with van der Waals surface area (Å²) in [7, 11) is 0. The van der Waals surface area contributed by atoms with Crippen LogP contribution in [0, 0.1) is 6.92 Å². The molecule has 0 aliphatic heterocycles. The number of amides is 1. The normalized spacial score (nSPS) is 10.6. The third kappa shape index (κ3) is 6.12. The number of rotatable bonds is 8. The molecule has 0 spiro atoms. The molecule has 0 bridgehead atoms. The summed E-state index contributed by atoms with van der Waals surface area (Å²) in [4.78, 5) is 11.9. The van der Waals surface area contributed by atoms with E-state index in [1.54, 1.807) is 11.8 Å². The van der Waals surface area contributed by atoms with Crippen molar-refractivity contribution < 1.29 is 9.53 Å². The Morgan fingerprint density at radius 1 is 1.43 bits per heavy atom. The van der Waals surface area contributed by atoms with E-state index in [0.717, 1.165) is 33.0 Å². The zero-order chi connectivity index (χ0) is 16.7. The van der Waals surface area contributed by atoms with Crippen LogP contribution in [0.5, 0.6) is 5.75 Å². The van der Waals surface area contributed by atoms with Gasteiger partial charge in [-0.1, -0.05) is 42.5 Å². The summed E-state index contributed by atoms with van der Waals surface area (Å²) in [6.07, 6.45) is 2.30. The monoisotopic (exact) mass is 415 g/mol. The fourth-order valence-electron chi connectivity index (χ4n) is 1.64. The molecule has 0 fully saturated rings. The molecule has 1 N–H and O–H groups in total. The minimum absolute atomic E-state index is 0.0699. The molecule has 0 aliphatic rings. The van der Waals surface area contributed by atoms with Crippen LogP contribution >= 0.6 is 39.0 Å². The molecule has 0 radical (unpaired) electrons. The quantitative estimate of drug-likeness (QED) is 0.390. The highest BCUT2D eigenvalue weighted by Crippen LogP contribution is 2.27. The standard InChI is InChI=1S/C15H18BrN3O2S2/c1-3-4-7-22-15-19-18-14(23-15)17-13(20)9-21-12-6-5-10(2)8-11(12)16/h5-6,8H,3-4,7,9H2,1-2H3,(H,17,18,20). The Balaban J connectivity index is 1.80. The van der Waals surface area contributed by atoms with E-state index in [1.807, 2.05) is 25.1 Å². The number of aryl methyl sites for hydroxylation is 1. The first-order valence-electron chi connectivity index (χ1n) is 7.23. The number of nitrogens with one attached hydrogen (secondary N) is 1. The molecular weight excluding hydrogens is 398 g/mol. The van der Waals surface area contributed by atoms with Crippen LogP contribution in [0.25, 0.3) is 0 Å². The van der Waals surface area contributed by atoms with Crippen LogP contribution in [-0.4, -0.2) is 28.5 Å². The van der Waals surface area contributed by atoms with Crippen molar-refractivity contribution >= 4 is 50.1 Å². The molecule has 124 valence electrons. The molecule has 0 unspecified atom stereocenters. The molecule has 0 aliphatic carbocycles. The molecule has 0 atom stereocenters. The summed E-state index contributed by atoms with van der Waals surface area (Å²) in [5.74, 6) is 1.40. The van der Waals surface area contributed by atoms with Gasteiger partial charge in [-0.05, 0) is 47.0 Å². The Labute approximate surface area is 152 Å². The predicted molar refractivity (Wildman–Crippen MR) is 98.5 cm³/mol. The van der Waals surface area contributed by atoms with Crippen molar-refractivity contribution in [3.63, 3.8) is 0 Å². The van der Waals surface area contributed by atoms with Gasteiger partial charge in [-0.15, -0.1) is 10.2 Å². The van der Waals surface area contributed by atoms with Crippen LogP contribution < -0.4 is 10.1 Å². The molecule has 0 saturated heterocycles. The maximum atomic E-state index is 11.9. The van der Waals surface area contributed by atoms with Gasteiger partial charge >= 0.3 is 0 Å². The maximum absolute atomic E-state index is 11.9. The van der Waals surface area contributed by atoms with Crippen LogP contribution in [0.1, 0.15) is 25.3 Å². The molecule has 8 heteroatoms. The number of unbranched alkanes of at least 4 members (excludes halogenated alkanes) is 1. The second-order valence-corrected chi connectivity index (χ2v) is 8.02. The molecule has 5 nitrogen and oxygen atoms in total. The van der Waals surface area contributed by atoms with E-state index in [9.17, 15) is 4.79 Å². The van der Waals surface area contributed by atoms with Crippen LogP contribution in [-0.2, 0) is 4.79 Å². The SMILES string of the molecule is CCCCSc1nnc(NC(=O)COc2ccc(C)cc2Br)s1. The molecular formula is C15H18BrN3O2S2. The van der Waals surface area contributed by atoms with Gasteiger partial charge in [0.25, 0.3) is 5.91 Å². The number of carbonyl (C=O) groups is 1. The van der Waals surface area contributed by atoms with Gasteiger partial charge in [-0.3, -0.25) is 10.1 Å². The van der Waals surface area contributed by atoms with E-state index in [-0.39, 0.29) is 12.5 Å². The molecule has 1 heterocycles. The average molecular weight is 416 g/mol. The number of anilines is 1. The molecule has 1 amide bonds. The third-order valence-corrected chi connectivity index (χ3v) is 5.50. The van der Waals surface area contributed by atoms with Crippen molar-refractivity contribution in [1.29, 1.82) is 0 Å². The highest BCUT2D eigenvalue weighted by atomic mass is 79.9. The van der Waals surface area contributed by atoms with Gasteiger partial charge in [-0.25, -0.2) is 0 Å². The zero-order valence-corrected chi connectivity index (χ0v) is 16.2. The molecule has 2 aromatic rings. The highest BCUT2D eigenvalue weighted by molar-refractivity contribution is 9.10. The number of hydrogen-bond acceptors (Lipinski definition) is 6. The Kier molecular flexibility index (Phi) is 7.32. The molecule has 2 rings (SSSR count). The van der Waals surface area contributed by atoms with Gasteiger partial charge in [0, 0.05) is 5.75 Å². The molecule has 23 heavy (non-hydrogen) atoms. The van der Waals surface area contributed by atoms with E-state index in [2.05, 4.69) is 38.4 Å². The van der Waals surface area contributed by atoms with E-state index in [1.165, 1.54) is 11.3 Å². The Hall–Kier alpha value is -1.12.